The van der Waals surface area contributed by atoms with Crippen molar-refractivity contribution in [3.8, 4) is 0 Å². The Balaban J connectivity index is 3.10. The monoisotopic (exact) mass is 334 g/mol. The number of hydrogen-bond donors (Lipinski definition) is 0. The highest BCUT2D eigenvalue weighted by atomic mass is 16.6. The first-order chi connectivity index (χ1) is 11.2. The van der Waals surface area contributed by atoms with Gasteiger partial charge >= 0.3 is 11.9 Å². The maximum atomic E-state index is 11.3. The largest absolute Gasteiger partial charge is 0.463 e. The van der Waals surface area contributed by atoms with Crippen molar-refractivity contribution in [1.82, 2.24) is 0 Å². The second kappa shape index (κ2) is 17.2. The van der Waals surface area contributed by atoms with Crippen LogP contribution in [0.1, 0.15) is 39.5 Å². The van der Waals surface area contributed by atoms with Gasteiger partial charge in [-0.15, -0.1) is 0 Å². The molecule has 136 valence electrons. The van der Waals surface area contributed by atoms with Crippen molar-refractivity contribution in [2.45, 2.75) is 39.5 Å². The van der Waals surface area contributed by atoms with E-state index < -0.39 is 0 Å². The van der Waals surface area contributed by atoms with Gasteiger partial charge in [-0.05, 0) is 6.42 Å². The Labute approximate surface area is 138 Å². The van der Waals surface area contributed by atoms with E-state index in [1.165, 1.54) is 6.92 Å². The van der Waals surface area contributed by atoms with Gasteiger partial charge in [0.05, 0.1) is 39.6 Å². The van der Waals surface area contributed by atoms with Crippen LogP contribution >= 0.6 is 0 Å². The minimum atomic E-state index is -0.311. The van der Waals surface area contributed by atoms with Crippen LogP contribution in [-0.2, 0) is 33.3 Å². The van der Waals surface area contributed by atoms with Crippen molar-refractivity contribution in [1.29, 1.82) is 0 Å². The third-order valence-corrected chi connectivity index (χ3v) is 2.75. The number of ether oxygens (including phenoxy) is 5. The Bertz CT molecular complexity index is 294. The lowest BCUT2D eigenvalue weighted by Gasteiger charge is -2.07. The molecule has 0 N–H and O–H groups in total. The molecule has 0 aromatic rings. The fraction of sp³-hybridized carbons (Fsp3) is 0.875. The molecule has 23 heavy (non-hydrogen) atoms. The van der Waals surface area contributed by atoms with Crippen LogP contribution in [0.15, 0.2) is 0 Å². The minimum Gasteiger partial charge on any atom is -0.463 e. The van der Waals surface area contributed by atoms with Crippen molar-refractivity contribution >= 4 is 11.9 Å². The van der Waals surface area contributed by atoms with Crippen LogP contribution in [0.5, 0.6) is 0 Å². The zero-order valence-corrected chi connectivity index (χ0v) is 14.3. The maximum Gasteiger partial charge on any atom is 0.305 e. The van der Waals surface area contributed by atoms with E-state index in [2.05, 4.69) is 6.92 Å². The Morgan fingerprint density at radius 2 is 1.17 bits per heavy atom. The van der Waals surface area contributed by atoms with Crippen molar-refractivity contribution in [2.24, 2.45) is 0 Å². The Kier molecular flexibility index (Phi) is 16.3. The highest BCUT2D eigenvalue weighted by Crippen LogP contribution is 2.00. The molecule has 0 unspecified atom stereocenters. The number of carbonyl (C=O) groups is 2. The zero-order valence-electron chi connectivity index (χ0n) is 14.3. The lowest BCUT2D eigenvalue weighted by atomic mass is 10.2. The summed E-state index contributed by atoms with van der Waals surface area (Å²) < 4.78 is 25.5. The van der Waals surface area contributed by atoms with Gasteiger partial charge in [-0.3, -0.25) is 9.59 Å². The number of hydrogen-bond acceptors (Lipinski definition) is 7. The number of rotatable bonds is 16. The van der Waals surface area contributed by atoms with Crippen molar-refractivity contribution in [2.75, 3.05) is 52.9 Å². The van der Waals surface area contributed by atoms with E-state index in [1.54, 1.807) is 0 Å². The molecule has 0 bridgehead atoms. The molecule has 0 saturated heterocycles. The predicted molar refractivity (Wildman–Crippen MR) is 84.2 cm³/mol. The lowest BCUT2D eigenvalue weighted by molar-refractivity contribution is -0.145. The van der Waals surface area contributed by atoms with Gasteiger partial charge in [0.15, 0.2) is 0 Å². The quantitative estimate of drug-likeness (QED) is 0.314. The summed E-state index contributed by atoms with van der Waals surface area (Å²) in [5.41, 5.74) is 0. The summed E-state index contributed by atoms with van der Waals surface area (Å²) >= 11 is 0. The summed E-state index contributed by atoms with van der Waals surface area (Å²) in [6.07, 6.45) is 3.51. The number of carbonyl (C=O) groups excluding carboxylic acids is 2. The highest BCUT2D eigenvalue weighted by molar-refractivity contribution is 5.69. The molecular formula is C16H30O7. The van der Waals surface area contributed by atoms with Gasteiger partial charge in [0.2, 0.25) is 0 Å². The van der Waals surface area contributed by atoms with E-state index in [9.17, 15) is 9.59 Å². The summed E-state index contributed by atoms with van der Waals surface area (Å²) in [5.74, 6) is -0.474. The molecule has 0 spiro atoms. The van der Waals surface area contributed by atoms with Gasteiger partial charge in [0.25, 0.3) is 0 Å². The van der Waals surface area contributed by atoms with Gasteiger partial charge in [0, 0.05) is 13.3 Å². The van der Waals surface area contributed by atoms with Gasteiger partial charge in [-0.1, -0.05) is 19.8 Å². The Morgan fingerprint density at radius 1 is 0.696 bits per heavy atom. The zero-order chi connectivity index (χ0) is 17.2. The summed E-state index contributed by atoms with van der Waals surface area (Å²) in [7, 11) is 0. The van der Waals surface area contributed by atoms with Crippen LogP contribution in [0.3, 0.4) is 0 Å². The van der Waals surface area contributed by atoms with Gasteiger partial charge in [-0.2, -0.15) is 0 Å². The van der Waals surface area contributed by atoms with E-state index in [4.69, 9.17) is 23.7 Å². The highest BCUT2D eigenvalue weighted by Gasteiger charge is 2.01. The number of esters is 2. The number of unbranched alkanes of at least 4 members (excludes halogenated alkanes) is 2. The minimum absolute atomic E-state index is 0.163. The molecule has 0 radical (unpaired) electrons. The maximum absolute atomic E-state index is 11.3. The fourth-order valence-electron chi connectivity index (χ4n) is 1.59. The van der Waals surface area contributed by atoms with Crippen molar-refractivity contribution in [3.63, 3.8) is 0 Å². The molecule has 0 saturated carbocycles. The molecule has 0 heterocycles. The summed E-state index contributed by atoms with van der Waals surface area (Å²) in [4.78, 5) is 21.8. The van der Waals surface area contributed by atoms with Crippen LogP contribution in [0, 0.1) is 0 Å². The van der Waals surface area contributed by atoms with Crippen LogP contribution in [0.25, 0.3) is 0 Å². The van der Waals surface area contributed by atoms with E-state index in [0.717, 1.165) is 19.3 Å². The molecule has 0 aliphatic rings. The Morgan fingerprint density at radius 3 is 1.65 bits per heavy atom. The first-order valence-electron chi connectivity index (χ1n) is 8.19. The molecule has 0 aromatic heterocycles. The molecule has 0 aliphatic heterocycles. The average Bonchev–Trinajstić information content (AvgIpc) is 2.51. The van der Waals surface area contributed by atoms with Gasteiger partial charge in [-0.25, -0.2) is 0 Å². The van der Waals surface area contributed by atoms with Crippen molar-refractivity contribution < 1.29 is 33.3 Å². The standard InChI is InChI=1S/C16H30O7/c1-3-4-5-6-16(18)23-14-12-21-10-8-19-7-9-20-11-13-22-15(2)17/h3-14H2,1-2H3. The van der Waals surface area contributed by atoms with E-state index in [-0.39, 0.29) is 25.2 Å². The van der Waals surface area contributed by atoms with Crippen molar-refractivity contribution in [3.05, 3.63) is 0 Å². The van der Waals surface area contributed by atoms with E-state index >= 15 is 0 Å². The van der Waals surface area contributed by atoms with Crippen LogP contribution in [-0.4, -0.2) is 64.8 Å². The summed E-state index contributed by atoms with van der Waals surface area (Å²) in [5, 5.41) is 0. The van der Waals surface area contributed by atoms with E-state index in [0.29, 0.717) is 46.1 Å². The first kappa shape index (κ1) is 21.8. The molecule has 0 atom stereocenters. The van der Waals surface area contributed by atoms with Crippen LogP contribution < -0.4 is 0 Å². The average molecular weight is 334 g/mol. The SMILES string of the molecule is CCCCCC(=O)OCCOCCOCCOCCOC(C)=O. The molecule has 0 fully saturated rings. The molecule has 0 aliphatic carbocycles. The molecule has 7 nitrogen and oxygen atoms in total. The molecule has 7 heteroatoms. The third-order valence-electron chi connectivity index (χ3n) is 2.75. The lowest BCUT2D eigenvalue weighted by Crippen LogP contribution is -2.14. The van der Waals surface area contributed by atoms with E-state index in [1.807, 2.05) is 0 Å². The normalized spacial score (nSPS) is 10.5. The van der Waals surface area contributed by atoms with Crippen LogP contribution in [0.2, 0.25) is 0 Å². The summed E-state index contributed by atoms with van der Waals surface area (Å²) in [6.45, 7) is 6.53. The smallest absolute Gasteiger partial charge is 0.305 e. The van der Waals surface area contributed by atoms with Crippen LogP contribution in [0.4, 0.5) is 0 Å². The topological polar surface area (TPSA) is 80.3 Å². The predicted octanol–water partition coefficient (Wildman–Crippen LogP) is 1.72. The van der Waals surface area contributed by atoms with Gasteiger partial charge in [0.1, 0.15) is 13.2 Å². The Hall–Kier alpha value is -1.18. The molecular weight excluding hydrogens is 304 g/mol. The fourth-order valence-corrected chi connectivity index (χ4v) is 1.59. The first-order valence-corrected chi connectivity index (χ1v) is 8.19. The molecule has 0 rings (SSSR count). The second-order valence-electron chi connectivity index (χ2n) is 4.85. The molecule has 0 aromatic carbocycles. The second-order valence-corrected chi connectivity index (χ2v) is 4.85. The summed E-state index contributed by atoms with van der Waals surface area (Å²) in [6, 6.07) is 0. The molecule has 0 amide bonds. The third kappa shape index (κ3) is 18.8. The van der Waals surface area contributed by atoms with Gasteiger partial charge < -0.3 is 23.7 Å².